The van der Waals surface area contributed by atoms with E-state index in [0.29, 0.717) is 47.1 Å². The lowest BCUT2D eigenvalue weighted by molar-refractivity contribution is 0.0505. The largest absolute Gasteiger partial charge is 0.444 e. The number of halogens is 1. The summed E-state index contributed by atoms with van der Waals surface area (Å²) < 4.78 is 16.4. The number of imidazole rings is 1. The van der Waals surface area contributed by atoms with Gasteiger partial charge < -0.3 is 24.3 Å². The standard InChI is InChI=1S/C30H38ClN7O6/c1-29(2,3)43-26(40)32-17-12-13-36(15-17)25-33-23-22(34(25)7)24(39)37(27(41)35(23)8)16-18-14-19-20(31)10-9-11-21(19)38(18)28(42)44-30(4,5)6/h9-11,14,17H,12-13,15-16H2,1-8H3,(H,32,40). The molecular weight excluding hydrogens is 590 g/mol. The summed E-state index contributed by atoms with van der Waals surface area (Å²) in [7, 11) is 3.27. The van der Waals surface area contributed by atoms with Crippen LogP contribution in [0.3, 0.4) is 0 Å². The van der Waals surface area contributed by atoms with Crippen molar-refractivity contribution in [3.63, 3.8) is 0 Å². The summed E-state index contributed by atoms with van der Waals surface area (Å²) >= 11 is 6.45. The normalized spacial score (nSPS) is 15.8. The highest BCUT2D eigenvalue weighted by molar-refractivity contribution is 6.35. The molecule has 5 rings (SSSR count). The Morgan fingerprint density at radius 1 is 1.05 bits per heavy atom. The van der Waals surface area contributed by atoms with Gasteiger partial charge >= 0.3 is 17.9 Å². The van der Waals surface area contributed by atoms with Crippen LogP contribution < -0.4 is 21.5 Å². The Morgan fingerprint density at radius 2 is 1.73 bits per heavy atom. The average molecular weight is 628 g/mol. The second kappa shape index (κ2) is 11.0. The minimum Gasteiger partial charge on any atom is -0.444 e. The van der Waals surface area contributed by atoms with Crippen LogP contribution in [0.4, 0.5) is 15.5 Å². The minimum absolute atomic E-state index is 0.174. The summed E-state index contributed by atoms with van der Waals surface area (Å²) in [5.74, 6) is 0.494. The fraction of sp³-hybridized carbons (Fsp3) is 0.500. The molecule has 236 valence electrons. The van der Waals surface area contributed by atoms with Crippen LogP contribution in [0.2, 0.25) is 5.02 Å². The summed E-state index contributed by atoms with van der Waals surface area (Å²) in [5.41, 5.74) is -1.23. The predicted octanol–water partition coefficient (Wildman–Crippen LogP) is 3.98. The van der Waals surface area contributed by atoms with Crippen LogP contribution in [0.15, 0.2) is 33.9 Å². The SMILES string of the molecule is Cn1c(N2CCC(NC(=O)OC(C)(C)C)C2)nc2c1c(=O)n(Cc1cc3c(Cl)cccc3n1C(=O)OC(C)(C)C)c(=O)n2C. The molecule has 1 aliphatic rings. The van der Waals surface area contributed by atoms with Crippen LogP contribution in [-0.4, -0.2) is 65.8 Å². The molecule has 1 amide bonds. The van der Waals surface area contributed by atoms with Crippen LogP contribution in [0.25, 0.3) is 22.1 Å². The Bertz CT molecular complexity index is 1900. The molecule has 1 fully saturated rings. The molecule has 1 aromatic carbocycles. The molecule has 3 aromatic heterocycles. The van der Waals surface area contributed by atoms with Gasteiger partial charge in [0.25, 0.3) is 5.56 Å². The van der Waals surface area contributed by atoms with Crippen molar-refractivity contribution in [1.82, 2.24) is 28.6 Å². The molecule has 1 saturated heterocycles. The highest BCUT2D eigenvalue weighted by atomic mass is 35.5. The quantitative estimate of drug-likeness (QED) is 0.359. The lowest BCUT2D eigenvalue weighted by Crippen LogP contribution is -2.41. The number of rotatable bonds is 4. The molecule has 4 aromatic rings. The van der Waals surface area contributed by atoms with Crippen molar-refractivity contribution in [2.24, 2.45) is 14.1 Å². The number of anilines is 1. The summed E-state index contributed by atoms with van der Waals surface area (Å²) in [6.45, 7) is 11.5. The third-order valence-electron chi connectivity index (χ3n) is 7.29. The summed E-state index contributed by atoms with van der Waals surface area (Å²) in [6.07, 6.45) is -0.490. The second-order valence-electron chi connectivity index (χ2n) is 13.1. The van der Waals surface area contributed by atoms with Crippen molar-refractivity contribution in [2.45, 2.75) is 71.8 Å². The van der Waals surface area contributed by atoms with E-state index in [0.717, 1.165) is 4.57 Å². The first-order chi connectivity index (χ1) is 20.4. The van der Waals surface area contributed by atoms with Crippen LogP contribution >= 0.6 is 11.6 Å². The predicted molar refractivity (Wildman–Crippen MR) is 168 cm³/mol. The van der Waals surface area contributed by atoms with Crippen LogP contribution in [0.5, 0.6) is 0 Å². The Morgan fingerprint density at radius 3 is 2.39 bits per heavy atom. The number of carbonyl (C=O) groups excluding carboxylic acids is 2. The Labute approximate surface area is 258 Å². The number of hydrogen-bond donors (Lipinski definition) is 1. The molecule has 1 unspecified atom stereocenters. The van der Waals surface area contributed by atoms with E-state index < -0.39 is 34.6 Å². The molecule has 1 aliphatic heterocycles. The number of nitrogens with zero attached hydrogens (tertiary/aromatic N) is 6. The fourth-order valence-corrected chi connectivity index (χ4v) is 5.66. The molecule has 0 aliphatic carbocycles. The zero-order valence-corrected chi connectivity index (χ0v) is 27.0. The highest BCUT2D eigenvalue weighted by Crippen LogP contribution is 2.29. The van der Waals surface area contributed by atoms with E-state index in [1.54, 1.807) is 84.5 Å². The van der Waals surface area contributed by atoms with Gasteiger partial charge in [-0.3, -0.25) is 13.9 Å². The zero-order chi connectivity index (χ0) is 32.3. The smallest absolute Gasteiger partial charge is 0.419 e. The van der Waals surface area contributed by atoms with Crippen molar-refractivity contribution in [3.05, 3.63) is 55.8 Å². The van der Waals surface area contributed by atoms with Crippen LogP contribution in [-0.2, 0) is 30.1 Å². The number of benzene rings is 1. The van der Waals surface area contributed by atoms with E-state index in [2.05, 4.69) is 10.3 Å². The minimum atomic E-state index is -0.780. The Kier molecular flexibility index (Phi) is 7.81. The molecule has 0 radical (unpaired) electrons. The second-order valence-corrected chi connectivity index (χ2v) is 13.5. The van der Waals surface area contributed by atoms with E-state index in [1.807, 2.05) is 4.90 Å². The molecule has 0 bridgehead atoms. The van der Waals surface area contributed by atoms with E-state index in [-0.39, 0.29) is 23.8 Å². The van der Waals surface area contributed by atoms with Gasteiger partial charge in [-0.15, -0.1) is 0 Å². The molecule has 0 spiro atoms. The molecule has 13 nitrogen and oxygen atoms in total. The van der Waals surface area contributed by atoms with Gasteiger partial charge in [0.15, 0.2) is 11.2 Å². The third kappa shape index (κ3) is 5.92. The topological polar surface area (TPSA) is 135 Å². The Hall–Kier alpha value is -4.26. The van der Waals surface area contributed by atoms with Crippen LogP contribution in [0.1, 0.15) is 53.7 Å². The zero-order valence-electron chi connectivity index (χ0n) is 26.2. The van der Waals surface area contributed by atoms with Crippen molar-refractivity contribution in [2.75, 3.05) is 18.0 Å². The van der Waals surface area contributed by atoms with Crippen molar-refractivity contribution in [1.29, 1.82) is 0 Å². The molecule has 1 atom stereocenters. The van der Waals surface area contributed by atoms with E-state index in [9.17, 15) is 19.2 Å². The number of fused-ring (bicyclic) bond motifs is 2. The maximum absolute atomic E-state index is 13.9. The van der Waals surface area contributed by atoms with Gasteiger partial charge in [0.2, 0.25) is 5.95 Å². The van der Waals surface area contributed by atoms with Gasteiger partial charge in [-0.1, -0.05) is 17.7 Å². The molecule has 4 heterocycles. The maximum atomic E-state index is 13.9. The van der Waals surface area contributed by atoms with Gasteiger partial charge in [0.05, 0.1) is 23.8 Å². The summed E-state index contributed by atoms with van der Waals surface area (Å²) in [4.78, 5) is 59.8. The maximum Gasteiger partial charge on any atom is 0.419 e. The number of hydrogen-bond acceptors (Lipinski definition) is 8. The van der Waals surface area contributed by atoms with Gasteiger partial charge in [-0.25, -0.2) is 19.0 Å². The van der Waals surface area contributed by atoms with Gasteiger partial charge in [-0.05, 0) is 66.2 Å². The number of aryl methyl sites for hydroxylation is 2. The molecule has 44 heavy (non-hydrogen) atoms. The fourth-order valence-electron chi connectivity index (χ4n) is 5.44. The lowest BCUT2D eigenvalue weighted by atomic mass is 10.2. The van der Waals surface area contributed by atoms with Crippen molar-refractivity contribution in [3.8, 4) is 0 Å². The molecular formula is C30H38ClN7O6. The first kappa shape index (κ1) is 31.2. The first-order valence-corrected chi connectivity index (χ1v) is 14.8. The lowest BCUT2D eigenvalue weighted by Gasteiger charge is -2.22. The Balaban J connectivity index is 1.52. The van der Waals surface area contributed by atoms with Gasteiger partial charge in [0, 0.05) is 37.6 Å². The van der Waals surface area contributed by atoms with Crippen molar-refractivity contribution < 1.29 is 19.1 Å². The number of amides is 1. The van der Waals surface area contributed by atoms with E-state index in [1.165, 1.54) is 9.13 Å². The molecule has 0 saturated carbocycles. The molecule has 14 heteroatoms. The molecule has 1 N–H and O–H groups in total. The number of nitrogens with one attached hydrogen (secondary N) is 1. The average Bonchev–Trinajstić information content (AvgIpc) is 3.59. The van der Waals surface area contributed by atoms with Crippen LogP contribution in [0, 0.1) is 0 Å². The highest BCUT2D eigenvalue weighted by Gasteiger charge is 2.31. The number of alkyl carbamates (subject to hydrolysis) is 1. The summed E-state index contributed by atoms with van der Waals surface area (Å²) in [5, 5.41) is 3.90. The number of ether oxygens (including phenoxy) is 2. The van der Waals surface area contributed by atoms with Gasteiger partial charge in [0.1, 0.15) is 11.2 Å². The summed E-state index contributed by atoms with van der Waals surface area (Å²) in [6, 6.07) is 6.66. The van der Waals surface area contributed by atoms with E-state index in [4.69, 9.17) is 21.1 Å². The third-order valence-corrected chi connectivity index (χ3v) is 7.62. The monoisotopic (exact) mass is 627 g/mol. The first-order valence-electron chi connectivity index (χ1n) is 14.4. The number of carbonyl (C=O) groups is 2. The van der Waals surface area contributed by atoms with Crippen molar-refractivity contribution >= 4 is 51.8 Å². The van der Waals surface area contributed by atoms with E-state index >= 15 is 0 Å². The van der Waals surface area contributed by atoms with Gasteiger partial charge in [-0.2, -0.15) is 4.98 Å². The number of aromatic nitrogens is 5.